The molecule has 0 atom stereocenters. The minimum Gasteiger partial charge on any atom is -0.478 e. The van der Waals surface area contributed by atoms with E-state index >= 15 is 0 Å². The van der Waals surface area contributed by atoms with E-state index in [9.17, 15) is 4.79 Å². The average Bonchev–Trinajstić information content (AvgIpc) is 2.83. The van der Waals surface area contributed by atoms with Gasteiger partial charge in [-0.25, -0.2) is 4.79 Å². The first kappa shape index (κ1) is 12.6. The molecule has 0 aliphatic rings. The van der Waals surface area contributed by atoms with Gasteiger partial charge in [-0.05, 0) is 6.92 Å². The second-order valence-corrected chi connectivity index (χ2v) is 4.75. The molecule has 0 radical (unpaired) electrons. The largest absolute Gasteiger partial charge is 0.478 e. The molecule has 0 saturated heterocycles. The van der Waals surface area contributed by atoms with Crippen molar-refractivity contribution in [3.8, 4) is 0 Å². The van der Waals surface area contributed by atoms with Crippen molar-refractivity contribution in [1.82, 2.24) is 24.5 Å². The number of rotatable bonds is 4. The molecule has 2 aromatic heterocycles. The zero-order chi connectivity index (χ0) is 13.3. The van der Waals surface area contributed by atoms with Crippen LogP contribution in [0.4, 0.5) is 0 Å². The van der Waals surface area contributed by atoms with Crippen molar-refractivity contribution in [3.05, 3.63) is 23.3 Å². The summed E-state index contributed by atoms with van der Waals surface area (Å²) in [7, 11) is 3.60. The van der Waals surface area contributed by atoms with Gasteiger partial charge in [-0.2, -0.15) is 5.10 Å². The van der Waals surface area contributed by atoms with E-state index in [0.717, 1.165) is 11.0 Å². The molecule has 2 rings (SSSR count). The molecule has 2 aromatic rings. The molecule has 0 fully saturated rings. The van der Waals surface area contributed by atoms with Gasteiger partial charge in [0.25, 0.3) is 0 Å². The maximum atomic E-state index is 11.0. The van der Waals surface area contributed by atoms with E-state index in [-0.39, 0.29) is 5.56 Å². The van der Waals surface area contributed by atoms with E-state index in [1.165, 1.54) is 18.0 Å². The third kappa shape index (κ3) is 2.23. The lowest BCUT2D eigenvalue weighted by atomic mass is 10.3. The molecule has 7 nitrogen and oxygen atoms in total. The molecule has 0 bridgehead atoms. The van der Waals surface area contributed by atoms with Gasteiger partial charge in [-0.3, -0.25) is 4.68 Å². The summed E-state index contributed by atoms with van der Waals surface area (Å²) in [6.45, 7) is 1.86. The fraction of sp³-hybridized carbons (Fsp3) is 0.400. The van der Waals surface area contributed by atoms with Gasteiger partial charge in [0.1, 0.15) is 11.4 Å². The van der Waals surface area contributed by atoms with Crippen molar-refractivity contribution in [2.45, 2.75) is 17.8 Å². The van der Waals surface area contributed by atoms with Crippen LogP contribution in [0.25, 0.3) is 0 Å². The average molecular weight is 267 g/mol. The standard InChI is InChI=1S/C10H13N5O2S/c1-6-12-13-10(14(6)2)18-5-8-7(9(16)17)4-11-15(8)3/h4H,5H2,1-3H3,(H,16,17). The number of aromatic nitrogens is 5. The summed E-state index contributed by atoms with van der Waals surface area (Å²) in [5.74, 6) is 0.346. The third-order valence-corrected chi connectivity index (χ3v) is 3.71. The highest BCUT2D eigenvalue weighted by atomic mass is 32.2. The molecule has 0 aliphatic carbocycles. The zero-order valence-electron chi connectivity index (χ0n) is 10.3. The van der Waals surface area contributed by atoms with Crippen LogP contribution in [0, 0.1) is 6.92 Å². The quantitative estimate of drug-likeness (QED) is 0.826. The molecule has 0 aromatic carbocycles. The minimum atomic E-state index is -0.965. The third-order valence-electron chi connectivity index (χ3n) is 2.68. The molecule has 8 heteroatoms. The number of aryl methyl sites for hydroxylation is 2. The topological polar surface area (TPSA) is 85.8 Å². The second kappa shape index (κ2) is 4.81. The maximum absolute atomic E-state index is 11.0. The summed E-state index contributed by atoms with van der Waals surface area (Å²) in [5, 5.41) is 21.7. The molecule has 0 amide bonds. The lowest BCUT2D eigenvalue weighted by Crippen LogP contribution is -2.04. The highest BCUT2D eigenvalue weighted by molar-refractivity contribution is 7.98. The van der Waals surface area contributed by atoms with E-state index in [1.807, 2.05) is 18.5 Å². The van der Waals surface area contributed by atoms with Crippen molar-refractivity contribution >= 4 is 17.7 Å². The van der Waals surface area contributed by atoms with Crippen LogP contribution in [0.5, 0.6) is 0 Å². The minimum absolute atomic E-state index is 0.226. The van der Waals surface area contributed by atoms with Crippen LogP contribution in [0.2, 0.25) is 0 Å². The van der Waals surface area contributed by atoms with Gasteiger partial charge in [0, 0.05) is 19.8 Å². The molecule has 18 heavy (non-hydrogen) atoms. The van der Waals surface area contributed by atoms with Crippen LogP contribution < -0.4 is 0 Å². The monoisotopic (exact) mass is 267 g/mol. The smallest absolute Gasteiger partial charge is 0.339 e. The van der Waals surface area contributed by atoms with E-state index in [4.69, 9.17) is 5.11 Å². The first-order chi connectivity index (χ1) is 8.50. The van der Waals surface area contributed by atoms with Crippen LogP contribution in [-0.4, -0.2) is 35.6 Å². The Morgan fingerprint density at radius 3 is 2.72 bits per heavy atom. The number of carboxylic acids is 1. The molecule has 96 valence electrons. The van der Waals surface area contributed by atoms with E-state index in [2.05, 4.69) is 15.3 Å². The normalized spacial score (nSPS) is 10.8. The molecule has 0 aliphatic heterocycles. The molecule has 2 heterocycles. The van der Waals surface area contributed by atoms with Gasteiger partial charge in [-0.1, -0.05) is 11.8 Å². The molecular formula is C10H13N5O2S. The van der Waals surface area contributed by atoms with Crippen LogP contribution in [0.1, 0.15) is 21.9 Å². The second-order valence-electron chi connectivity index (χ2n) is 3.81. The lowest BCUT2D eigenvalue weighted by molar-refractivity contribution is 0.0696. The summed E-state index contributed by atoms with van der Waals surface area (Å²) >= 11 is 1.44. The number of carbonyl (C=O) groups is 1. The van der Waals surface area contributed by atoms with E-state index < -0.39 is 5.97 Å². The fourth-order valence-corrected chi connectivity index (χ4v) is 2.49. The Morgan fingerprint density at radius 2 is 2.17 bits per heavy atom. The van der Waals surface area contributed by atoms with Gasteiger partial charge in [0.05, 0.1) is 11.9 Å². The highest BCUT2D eigenvalue weighted by Crippen LogP contribution is 2.22. The Kier molecular flexibility index (Phi) is 3.37. The SMILES string of the molecule is Cc1nnc(SCc2c(C(=O)O)cnn2C)n1C. The van der Waals surface area contributed by atoms with Gasteiger partial charge in [0.15, 0.2) is 5.16 Å². The predicted molar refractivity (Wildman–Crippen MR) is 65.5 cm³/mol. The van der Waals surface area contributed by atoms with Crippen molar-refractivity contribution in [3.63, 3.8) is 0 Å². The fourth-order valence-electron chi connectivity index (χ4n) is 1.46. The molecule has 0 unspecified atom stereocenters. The van der Waals surface area contributed by atoms with Gasteiger partial charge < -0.3 is 9.67 Å². The van der Waals surface area contributed by atoms with Crippen LogP contribution in [-0.2, 0) is 19.8 Å². The Balaban J connectivity index is 2.18. The van der Waals surface area contributed by atoms with Gasteiger partial charge in [0.2, 0.25) is 0 Å². The Morgan fingerprint density at radius 1 is 1.44 bits per heavy atom. The van der Waals surface area contributed by atoms with Crippen LogP contribution >= 0.6 is 11.8 Å². The molecule has 0 saturated carbocycles. The summed E-state index contributed by atoms with van der Waals surface area (Å²) in [6.07, 6.45) is 1.36. The lowest BCUT2D eigenvalue weighted by Gasteiger charge is -2.03. The van der Waals surface area contributed by atoms with Crippen molar-refractivity contribution in [2.24, 2.45) is 14.1 Å². The number of thioether (sulfide) groups is 1. The van der Waals surface area contributed by atoms with Crippen LogP contribution in [0.3, 0.4) is 0 Å². The van der Waals surface area contributed by atoms with Gasteiger partial charge in [-0.15, -0.1) is 10.2 Å². The van der Waals surface area contributed by atoms with Crippen molar-refractivity contribution < 1.29 is 9.90 Å². The first-order valence-electron chi connectivity index (χ1n) is 5.23. The van der Waals surface area contributed by atoms with E-state index in [0.29, 0.717) is 11.4 Å². The number of carboxylic acid groups (broad SMARTS) is 1. The Labute approximate surface area is 108 Å². The summed E-state index contributed by atoms with van der Waals surface area (Å²) in [5.41, 5.74) is 0.886. The first-order valence-corrected chi connectivity index (χ1v) is 6.22. The molecule has 0 spiro atoms. The predicted octanol–water partition coefficient (Wildman–Crippen LogP) is 0.848. The number of hydrogen-bond acceptors (Lipinski definition) is 5. The summed E-state index contributed by atoms with van der Waals surface area (Å²) in [4.78, 5) is 11.0. The number of aromatic carboxylic acids is 1. The Hall–Kier alpha value is -1.83. The number of nitrogens with zero attached hydrogens (tertiary/aromatic N) is 5. The van der Waals surface area contributed by atoms with Crippen LogP contribution in [0.15, 0.2) is 11.4 Å². The Bertz CT molecular complexity index is 589. The molecular weight excluding hydrogens is 254 g/mol. The highest BCUT2D eigenvalue weighted by Gasteiger charge is 2.16. The number of hydrogen-bond donors (Lipinski definition) is 1. The summed E-state index contributed by atoms with van der Waals surface area (Å²) in [6, 6.07) is 0. The van der Waals surface area contributed by atoms with E-state index in [1.54, 1.807) is 11.7 Å². The summed E-state index contributed by atoms with van der Waals surface area (Å²) < 4.78 is 3.43. The van der Waals surface area contributed by atoms with Gasteiger partial charge >= 0.3 is 5.97 Å². The zero-order valence-corrected chi connectivity index (χ0v) is 11.1. The van der Waals surface area contributed by atoms with Crippen molar-refractivity contribution in [2.75, 3.05) is 0 Å². The maximum Gasteiger partial charge on any atom is 0.339 e. The van der Waals surface area contributed by atoms with Crippen molar-refractivity contribution in [1.29, 1.82) is 0 Å². The molecule has 1 N–H and O–H groups in total.